The maximum absolute atomic E-state index is 13.0. The van der Waals surface area contributed by atoms with E-state index in [0.29, 0.717) is 13.1 Å². The second kappa shape index (κ2) is 7.27. The molecule has 3 unspecified atom stereocenters. The summed E-state index contributed by atoms with van der Waals surface area (Å²) in [7, 11) is 1.61. The second-order valence-electron chi connectivity index (χ2n) is 7.88. The van der Waals surface area contributed by atoms with Crippen LogP contribution in [0.1, 0.15) is 18.1 Å². The van der Waals surface area contributed by atoms with Crippen LogP contribution in [0.3, 0.4) is 0 Å². The van der Waals surface area contributed by atoms with Crippen molar-refractivity contribution in [2.45, 2.75) is 18.8 Å². The molecule has 1 heterocycles. The number of methoxy groups -OCH3 is 1. The molecule has 0 N–H and O–H groups in total. The molecule has 1 amide bonds. The predicted molar refractivity (Wildman–Crippen MR) is 108 cm³/mol. The van der Waals surface area contributed by atoms with Crippen LogP contribution < -0.4 is 4.74 Å². The zero-order valence-electron chi connectivity index (χ0n) is 16.3. The molecule has 0 saturated carbocycles. The van der Waals surface area contributed by atoms with Gasteiger partial charge in [0.1, 0.15) is 5.75 Å². The molecule has 0 radical (unpaired) electrons. The van der Waals surface area contributed by atoms with Crippen molar-refractivity contribution in [2.75, 3.05) is 20.2 Å². The van der Waals surface area contributed by atoms with Gasteiger partial charge in [-0.05, 0) is 17.7 Å². The van der Waals surface area contributed by atoms with E-state index in [1.54, 1.807) is 13.2 Å². The second-order valence-corrected chi connectivity index (χ2v) is 7.88. The number of ketones is 1. The van der Waals surface area contributed by atoms with Crippen LogP contribution in [-0.2, 0) is 21.4 Å². The minimum Gasteiger partial charge on any atom is -0.496 e. The van der Waals surface area contributed by atoms with Crippen LogP contribution in [-0.4, -0.2) is 36.8 Å². The van der Waals surface area contributed by atoms with Crippen molar-refractivity contribution in [1.29, 1.82) is 0 Å². The lowest BCUT2D eigenvalue weighted by molar-refractivity contribution is -0.129. The van der Waals surface area contributed by atoms with Gasteiger partial charge in [0, 0.05) is 35.9 Å². The number of nitrogens with zero attached hydrogens (tertiary/aromatic N) is 1. The Morgan fingerprint density at radius 3 is 2.57 bits per heavy atom. The van der Waals surface area contributed by atoms with Gasteiger partial charge in [-0.3, -0.25) is 9.59 Å². The zero-order valence-corrected chi connectivity index (χ0v) is 16.3. The first kappa shape index (κ1) is 18.5. The smallest absolute Gasteiger partial charge is 0.227 e. The van der Waals surface area contributed by atoms with Gasteiger partial charge in [0.25, 0.3) is 0 Å². The molecule has 1 saturated heterocycles. The molecule has 2 aromatic carbocycles. The Morgan fingerprint density at radius 1 is 1.11 bits per heavy atom. The van der Waals surface area contributed by atoms with Crippen LogP contribution in [0.2, 0.25) is 0 Å². The summed E-state index contributed by atoms with van der Waals surface area (Å²) in [5, 5.41) is 0. The molecule has 4 rings (SSSR count). The van der Waals surface area contributed by atoms with Crippen molar-refractivity contribution in [3.05, 3.63) is 77.9 Å². The van der Waals surface area contributed by atoms with E-state index in [2.05, 4.69) is 19.1 Å². The van der Waals surface area contributed by atoms with Crippen LogP contribution in [0.4, 0.5) is 0 Å². The molecule has 0 bridgehead atoms. The zero-order chi connectivity index (χ0) is 19.7. The van der Waals surface area contributed by atoms with E-state index in [1.807, 2.05) is 53.4 Å². The Morgan fingerprint density at radius 2 is 1.82 bits per heavy atom. The Bertz CT molecular complexity index is 920. The fourth-order valence-corrected chi connectivity index (χ4v) is 4.64. The number of carbonyl (C=O) groups excluding carboxylic acids is 2. The van der Waals surface area contributed by atoms with E-state index in [0.717, 1.165) is 11.3 Å². The number of para-hydroxylation sites is 1. The standard InChI is InChI=1S/C24H25NO3/c1-24(18-9-4-3-5-10-18)13-12-21(26)19-15-25(16-20(19)24)23(27)14-17-8-6-7-11-22(17)28-2/h3-13,19-20H,14-16H2,1-2H3. The highest BCUT2D eigenvalue weighted by Gasteiger charge is 2.50. The Kier molecular flexibility index (Phi) is 4.80. The van der Waals surface area contributed by atoms with Crippen molar-refractivity contribution in [1.82, 2.24) is 4.90 Å². The predicted octanol–water partition coefficient (Wildman–Crippen LogP) is 3.41. The lowest BCUT2D eigenvalue weighted by atomic mass is 9.64. The topological polar surface area (TPSA) is 46.6 Å². The maximum atomic E-state index is 13.0. The Hall–Kier alpha value is -2.88. The van der Waals surface area contributed by atoms with Gasteiger partial charge in [-0.1, -0.05) is 61.5 Å². The summed E-state index contributed by atoms with van der Waals surface area (Å²) in [6.45, 7) is 3.27. The number of amides is 1. The lowest BCUT2D eigenvalue weighted by Gasteiger charge is -2.38. The van der Waals surface area contributed by atoms with Gasteiger partial charge in [-0.15, -0.1) is 0 Å². The average Bonchev–Trinajstić information content (AvgIpc) is 3.19. The third-order valence-corrected chi connectivity index (χ3v) is 6.33. The van der Waals surface area contributed by atoms with E-state index in [-0.39, 0.29) is 35.4 Å². The molecule has 4 nitrogen and oxygen atoms in total. The molecule has 1 aliphatic carbocycles. The Labute approximate surface area is 165 Å². The third-order valence-electron chi connectivity index (χ3n) is 6.33. The normalized spacial score (nSPS) is 26.2. The first-order valence-corrected chi connectivity index (χ1v) is 9.71. The number of hydrogen-bond donors (Lipinski definition) is 0. The van der Waals surface area contributed by atoms with Gasteiger partial charge in [0.15, 0.2) is 5.78 Å². The molecule has 0 spiro atoms. The average molecular weight is 375 g/mol. The minimum atomic E-state index is -0.251. The number of ether oxygens (including phenoxy) is 1. The van der Waals surface area contributed by atoms with E-state index in [4.69, 9.17) is 4.74 Å². The summed E-state index contributed by atoms with van der Waals surface area (Å²) >= 11 is 0. The summed E-state index contributed by atoms with van der Waals surface area (Å²) in [5.41, 5.74) is 1.81. The number of fused-ring (bicyclic) bond motifs is 1. The van der Waals surface area contributed by atoms with E-state index >= 15 is 0 Å². The van der Waals surface area contributed by atoms with Crippen LogP contribution in [0.5, 0.6) is 5.75 Å². The first-order valence-electron chi connectivity index (χ1n) is 9.71. The number of likely N-dealkylation sites (tertiary alicyclic amines) is 1. The summed E-state index contributed by atoms with van der Waals surface area (Å²) in [6, 6.07) is 17.9. The Balaban J connectivity index is 1.57. The van der Waals surface area contributed by atoms with Gasteiger partial charge >= 0.3 is 0 Å². The number of rotatable bonds is 4. The van der Waals surface area contributed by atoms with Crippen LogP contribution in [0.25, 0.3) is 0 Å². The molecule has 4 heteroatoms. The lowest BCUT2D eigenvalue weighted by Crippen LogP contribution is -2.41. The SMILES string of the molecule is COc1ccccc1CC(=O)N1CC2C(=O)C=CC(C)(c3ccccc3)C2C1. The van der Waals surface area contributed by atoms with Crippen LogP contribution in [0, 0.1) is 11.8 Å². The number of hydrogen-bond acceptors (Lipinski definition) is 3. The van der Waals surface area contributed by atoms with Crippen molar-refractivity contribution in [2.24, 2.45) is 11.8 Å². The minimum absolute atomic E-state index is 0.0436. The summed E-state index contributed by atoms with van der Waals surface area (Å²) < 4.78 is 5.38. The monoisotopic (exact) mass is 375 g/mol. The van der Waals surface area contributed by atoms with Crippen molar-refractivity contribution in [3.63, 3.8) is 0 Å². The number of benzene rings is 2. The van der Waals surface area contributed by atoms with Gasteiger partial charge in [0.2, 0.25) is 5.91 Å². The van der Waals surface area contributed by atoms with Gasteiger partial charge in [-0.2, -0.15) is 0 Å². The van der Waals surface area contributed by atoms with E-state index in [9.17, 15) is 9.59 Å². The summed E-state index contributed by atoms with van der Waals surface area (Å²) in [4.78, 5) is 27.5. The fourth-order valence-electron chi connectivity index (χ4n) is 4.64. The molecule has 2 aromatic rings. The highest BCUT2D eigenvalue weighted by atomic mass is 16.5. The highest BCUT2D eigenvalue weighted by molar-refractivity contribution is 5.95. The molecular weight excluding hydrogens is 350 g/mol. The molecule has 144 valence electrons. The molecular formula is C24H25NO3. The highest BCUT2D eigenvalue weighted by Crippen LogP contribution is 2.45. The van der Waals surface area contributed by atoms with Crippen LogP contribution >= 0.6 is 0 Å². The summed E-state index contributed by atoms with van der Waals surface area (Å²) in [5.74, 6) is 0.846. The summed E-state index contributed by atoms with van der Waals surface area (Å²) in [6.07, 6.45) is 4.02. The number of carbonyl (C=O) groups is 2. The molecule has 1 aliphatic heterocycles. The van der Waals surface area contributed by atoms with Gasteiger partial charge in [-0.25, -0.2) is 0 Å². The first-order chi connectivity index (χ1) is 13.5. The van der Waals surface area contributed by atoms with E-state index < -0.39 is 0 Å². The molecule has 28 heavy (non-hydrogen) atoms. The molecule has 1 fully saturated rings. The molecule has 3 atom stereocenters. The van der Waals surface area contributed by atoms with Gasteiger partial charge < -0.3 is 9.64 Å². The van der Waals surface area contributed by atoms with Crippen molar-refractivity contribution < 1.29 is 14.3 Å². The quantitative estimate of drug-likeness (QED) is 0.823. The van der Waals surface area contributed by atoms with E-state index in [1.165, 1.54) is 5.56 Å². The van der Waals surface area contributed by atoms with Crippen molar-refractivity contribution in [3.8, 4) is 5.75 Å². The van der Waals surface area contributed by atoms with Crippen molar-refractivity contribution >= 4 is 11.7 Å². The maximum Gasteiger partial charge on any atom is 0.227 e. The van der Waals surface area contributed by atoms with Crippen LogP contribution in [0.15, 0.2) is 66.7 Å². The fraction of sp³-hybridized carbons (Fsp3) is 0.333. The number of allylic oxidation sites excluding steroid dienone is 2. The van der Waals surface area contributed by atoms with Gasteiger partial charge in [0.05, 0.1) is 13.5 Å². The third kappa shape index (κ3) is 3.13. The molecule has 2 aliphatic rings. The molecule has 0 aromatic heterocycles. The largest absolute Gasteiger partial charge is 0.496 e.